The maximum absolute atomic E-state index is 13.4. The number of nitrogens with one attached hydrogen (secondary N) is 3. The van der Waals surface area contributed by atoms with Crippen molar-refractivity contribution >= 4 is 57.7 Å². The lowest BCUT2D eigenvalue weighted by Crippen LogP contribution is -2.34. The number of phenols is 1. The Balaban J connectivity index is 1.58. The third kappa shape index (κ3) is 6.97. The number of nitrogens with zero attached hydrogens (tertiary/aromatic N) is 2. The van der Waals surface area contributed by atoms with Crippen LogP contribution in [0.5, 0.6) is 5.75 Å². The van der Waals surface area contributed by atoms with Gasteiger partial charge in [0.05, 0.1) is 37.9 Å². The molecule has 0 aliphatic heterocycles. The van der Waals surface area contributed by atoms with Gasteiger partial charge in [-0.25, -0.2) is 9.37 Å². The Hall–Kier alpha value is -4.03. The zero-order valence-corrected chi connectivity index (χ0v) is 24.9. The fourth-order valence-electron chi connectivity index (χ4n) is 4.16. The normalized spacial score (nSPS) is 12.0. The topological polar surface area (TPSA) is 108 Å². The Labute approximate surface area is 254 Å². The standard InChI is InChI=1S/C29H27Cl2F4N5O3/c1-28(2,3)26(43)37-13-15-6-8-19(30)24(23(15)31)39-27-38-20-10-17(22(41)11-21(20)40(27)4)25(42)36-12-14-5-7-16(32)9-18(14)29(33,34)35/h5-11,41H,12-13H2,1-4H3,(H,36,42)(H,37,43)(H,38,39). The van der Waals surface area contributed by atoms with Crippen LogP contribution in [-0.2, 0) is 31.1 Å². The Bertz CT molecular complexity index is 1730. The summed E-state index contributed by atoms with van der Waals surface area (Å²) in [5.74, 6) is -2.30. The second-order valence-corrected chi connectivity index (χ2v) is 11.6. The summed E-state index contributed by atoms with van der Waals surface area (Å²) in [7, 11) is 1.64. The van der Waals surface area contributed by atoms with Crippen molar-refractivity contribution in [1.82, 2.24) is 20.2 Å². The maximum Gasteiger partial charge on any atom is 0.416 e. The van der Waals surface area contributed by atoms with Crippen LogP contribution < -0.4 is 16.0 Å². The molecule has 0 unspecified atom stereocenters. The molecular formula is C29H27Cl2F4N5O3. The summed E-state index contributed by atoms with van der Waals surface area (Å²) in [6.45, 7) is 4.94. The Morgan fingerprint density at radius 1 is 0.977 bits per heavy atom. The van der Waals surface area contributed by atoms with Crippen LogP contribution >= 0.6 is 23.2 Å². The van der Waals surface area contributed by atoms with Crippen LogP contribution in [0.15, 0.2) is 42.5 Å². The van der Waals surface area contributed by atoms with Crippen molar-refractivity contribution in [2.24, 2.45) is 12.5 Å². The fourth-order valence-corrected chi connectivity index (χ4v) is 4.69. The molecule has 228 valence electrons. The number of amides is 2. The van der Waals surface area contributed by atoms with E-state index >= 15 is 0 Å². The van der Waals surface area contributed by atoms with Crippen LogP contribution in [0.25, 0.3) is 11.0 Å². The van der Waals surface area contributed by atoms with Gasteiger partial charge in [-0.1, -0.05) is 56.1 Å². The van der Waals surface area contributed by atoms with Crippen LogP contribution in [0.3, 0.4) is 0 Å². The van der Waals surface area contributed by atoms with Crippen molar-refractivity contribution < 1.29 is 32.3 Å². The van der Waals surface area contributed by atoms with E-state index in [0.29, 0.717) is 22.8 Å². The molecular weight excluding hydrogens is 613 g/mol. The number of carbonyl (C=O) groups excluding carboxylic acids is 2. The fraction of sp³-hybridized carbons (Fsp3) is 0.276. The molecule has 0 bridgehead atoms. The summed E-state index contributed by atoms with van der Waals surface area (Å²) < 4.78 is 55.0. The number of anilines is 2. The molecule has 0 saturated heterocycles. The first-order chi connectivity index (χ1) is 20.0. The number of phenolic OH excluding ortho intramolecular Hbond substituents is 1. The Morgan fingerprint density at radius 2 is 1.63 bits per heavy atom. The van der Waals surface area contributed by atoms with E-state index in [1.54, 1.807) is 44.5 Å². The van der Waals surface area contributed by atoms with E-state index in [1.807, 2.05) is 0 Å². The first-order valence-corrected chi connectivity index (χ1v) is 13.6. The zero-order chi connectivity index (χ0) is 31.9. The van der Waals surface area contributed by atoms with Crippen molar-refractivity contribution in [3.63, 3.8) is 0 Å². The highest BCUT2D eigenvalue weighted by Gasteiger charge is 2.34. The minimum Gasteiger partial charge on any atom is -0.507 e. The third-order valence-electron chi connectivity index (χ3n) is 6.59. The molecule has 4 aromatic rings. The smallest absolute Gasteiger partial charge is 0.416 e. The molecule has 1 heterocycles. The minimum absolute atomic E-state index is 0.151. The second-order valence-electron chi connectivity index (χ2n) is 10.8. The first kappa shape index (κ1) is 31.9. The number of aromatic hydroxyl groups is 1. The van der Waals surface area contributed by atoms with Crippen molar-refractivity contribution in [2.45, 2.75) is 40.0 Å². The SMILES string of the molecule is Cn1c(Nc2c(Cl)ccc(CNC(=O)C(C)(C)C)c2Cl)nc2cc(C(=O)NCc3ccc(F)cc3C(F)(F)F)c(O)cc21. The van der Waals surface area contributed by atoms with Gasteiger partial charge in [0.1, 0.15) is 11.6 Å². The number of imidazole rings is 1. The van der Waals surface area contributed by atoms with Crippen LogP contribution in [-0.4, -0.2) is 26.5 Å². The molecule has 0 radical (unpaired) electrons. The summed E-state index contributed by atoms with van der Waals surface area (Å²) in [6.07, 6.45) is -4.83. The van der Waals surface area contributed by atoms with Crippen LogP contribution in [0, 0.1) is 11.2 Å². The molecule has 0 aliphatic rings. The Morgan fingerprint density at radius 3 is 2.28 bits per heavy atom. The van der Waals surface area contributed by atoms with Crippen molar-refractivity contribution in [1.29, 1.82) is 0 Å². The summed E-state index contributed by atoms with van der Waals surface area (Å²) in [5, 5.41) is 19.3. The Kier molecular flexibility index (Phi) is 8.85. The van der Waals surface area contributed by atoms with Gasteiger partial charge in [0.15, 0.2) is 0 Å². The van der Waals surface area contributed by atoms with Gasteiger partial charge < -0.3 is 25.6 Å². The van der Waals surface area contributed by atoms with Gasteiger partial charge in [0.25, 0.3) is 5.91 Å². The molecule has 0 spiro atoms. The number of alkyl halides is 3. The summed E-state index contributed by atoms with van der Waals surface area (Å²) in [5.41, 5.74) is -0.807. The average Bonchev–Trinajstić information content (AvgIpc) is 3.21. The molecule has 4 rings (SSSR count). The molecule has 2 amide bonds. The van der Waals surface area contributed by atoms with Crippen molar-refractivity contribution in [2.75, 3.05) is 5.32 Å². The van der Waals surface area contributed by atoms with E-state index in [0.717, 1.165) is 12.1 Å². The van der Waals surface area contributed by atoms with E-state index in [2.05, 4.69) is 20.9 Å². The summed E-state index contributed by atoms with van der Waals surface area (Å²) >= 11 is 13.0. The zero-order valence-electron chi connectivity index (χ0n) is 23.4. The quantitative estimate of drug-likeness (QED) is 0.162. The van der Waals surface area contributed by atoms with Crippen LogP contribution in [0.2, 0.25) is 10.0 Å². The predicted molar refractivity (Wildman–Crippen MR) is 156 cm³/mol. The number of hydrogen-bond acceptors (Lipinski definition) is 5. The van der Waals surface area contributed by atoms with Gasteiger partial charge >= 0.3 is 6.18 Å². The van der Waals surface area contributed by atoms with Gasteiger partial charge in [0, 0.05) is 31.6 Å². The van der Waals surface area contributed by atoms with E-state index < -0.39 is 41.2 Å². The van der Waals surface area contributed by atoms with Gasteiger partial charge in [-0.05, 0) is 35.4 Å². The van der Waals surface area contributed by atoms with Crippen LogP contribution in [0.1, 0.15) is 47.8 Å². The highest BCUT2D eigenvalue weighted by molar-refractivity contribution is 6.39. The molecule has 0 fully saturated rings. The molecule has 43 heavy (non-hydrogen) atoms. The molecule has 0 atom stereocenters. The number of fused-ring (bicyclic) bond motifs is 1. The summed E-state index contributed by atoms with van der Waals surface area (Å²) in [6, 6.07) is 7.99. The number of aromatic nitrogens is 2. The van der Waals surface area contributed by atoms with Gasteiger partial charge in [0.2, 0.25) is 11.9 Å². The van der Waals surface area contributed by atoms with E-state index in [-0.39, 0.29) is 45.1 Å². The number of carbonyl (C=O) groups is 2. The number of rotatable bonds is 7. The largest absolute Gasteiger partial charge is 0.507 e. The number of halogens is 6. The molecule has 4 N–H and O–H groups in total. The van der Waals surface area contributed by atoms with Gasteiger partial charge in [-0.15, -0.1) is 0 Å². The molecule has 14 heteroatoms. The van der Waals surface area contributed by atoms with Crippen LogP contribution in [0.4, 0.5) is 29.2 Å². The van der Waals surface area contributed by atoms with E-state index in [1.165, 1.54) is 12.1 Å². The molecule has 8 nitrogen and oxygen atoms in total. The lowest BCUT2D eigenvalue weighted by molar-refractivity contribution is -0.138. The average molecular weight is 640 g/mol. The van der Waals surface area contributed by atoms with Crippen molar-refractivity contribution in [3.05, 3.63) is 80.6 Å². The molecule has 0 saturated carbocycles. The molecule has 3 aromatic carbocycles. The van der Waals surface area contributed by atoms with Gasteiger partial charge in [-0.3, -0.25) is 9.59 Å². The predicted octanol–water partition coefficient (Wildman–Crippen LogP) is 7.08. The maximum atomic E-state index is 13.4. The number of benzene rings is 3. The first-order valence-electron chi connectivity index (χ1n) is 12.8. The second kappa shape index (κ2) is 11.9. The highest BCUT2D eigenvalue weighted by Crippen LogP contribution is 2.37. The van der Waals surface area contributed by atoms with E-state index in [9.17, 15) is 32.3 Å². The van der Waals surface area contributed by atoms with E-state index in [4.69, 9.17) is 23.2 Å². The van der Waals surface area contributed by atoms with Gasteiger partial charge in [-0.2, -0.15) is 13.2 Å². The van der Waals surface area contributed by atoms with Crippen molar-refractivity contribution in [3.8, 4) is 5.75 Å². The number of hydrogen-bond donors (Lipinski definition) is 4. The number of aryl methyl sites for hydroxylation is 1. The minimum atomic E-state index is -4.83. The third-order valence-corrected chi connectivity index (χ3v) is 7.33. The summed E-state index contributed by atoms with van der Waals surface area (Å²) in [4.78, 5) is 29.6. The lowest BCUT2D eigenvalue weighted by Gasteiger charge is -2.19. The highest BCUT2D eigenvalue weighted by atomic mass is 35.5. The monoisotopic (exact) mass is 639 g/mol. The molecule has 1 aromatic heterocycles. The molecule has 0 aliphatic carbocycles. The lowest BCUT2D eigenvalue weighted by atomic mass is 9.95.